The molecule has 0 unspecified atom stereocenters. The number of carbonyl (C=O) groups is 1. The van der Waals surface area contributed by atoms with Crippen LogP contribution in [0, 0.1) is 16.0 Å². The van der Waals surface area contributed by atoms with Gasteiger partial charge in [0.15, 0.2) is 0 Å². The zero-order valence-electron chi connectivity index (χ0n) is 13.6. The van der Waals surface area contributed by atoms with Crippen molar-refractivity contribution >= 4 is 24.0 Å². The first-order chi connectivity index (χ1) is 11.0. The van der Waals surface area contributed by atoms with Crippen LogP contribution in [-0.4, -0.2) is 46.5 Å². The first-order valence-corrected chi connectivity index (χ1v) is 7.84. The van der Waals surface area contributed by atoms with Crippen LogP contribution in [0.5, 0.6) is 0 Å². The predicted octanol–water partition coefficient (Wildman–Crippen LogP) is 1.03. The molecule has 0 radical (unpaired) electrons. The molecule has 1 fully saturated rings. The van der Waals surface area contributed by atoms with Gasteiger partial charge in [-0.3, -0.25) is 24.3 Å². The van der Waals surface area contributed by atoms with Gasteiger partial charge in [0, 0.05) is 25.2 Å². The van der Waals surface area contributed by atoms with Gasteiger partial charge in [-0.2, -0.15) is 0 Å². The summed E-state index contributed by atoms with van der Waals surface area (Å²) in [5.41, 5.74) is -0.604. The quantitative estimate of drug-likeness (QED) is 0.605. The molecule has 0 saturated carbocycles. The van der Waals surface area contributed by atoms with Crippen molar-refractivity contribution in [3.8, 4) is 0 Å². The van der Waals surface area contributed by atoms with Crippen LogP contribution in [0.25, 0.3) is 0 Å². The summed E-state index contributed by atoms with van der Waals surface area (Å²) >= 11 is 0. The van der Waals surface area contributed by atoms with Crippen LogP contribution in [0.15, 0.2) is 23.1 Å². The smallest absolute Gasteiger partial charge is 0.285 e. The van der Waals surface area contributed by atoms with Gasteiger partial charge in [0.2, 0.25) is 5.91 Å². The molecule has 1 aromatic rings. The zero-order valence-corrected chi connectivity index (χ0v) is 14.5. The number of rotatable bonds is 6. The van der Waals surface area contributed by atoms with Crippen molar-refractivity contribution in [3.63, 3.8) is 0 Å². The SMILES string of the molecule is CCNCC1CCN(C(=O)Cn2cc([N+](=O)[O-])ccc2=O)CC1.Cl. The van der Waals surface area contributed by atoms with Crippen molar-refractivity contribution in [2.24, 2.45) is 5.92 Å². The second-order valence-corrected chi connectivity index (χ2v) is 5.74. The van der Waals surface area contributed by atoms with E-state index >= 15 is 0 Å². The molecule has 134 valence electrons. The van der Waals surface area contributed by atoms with E-state index in [2.05, 4.69) is 12.2 Å². The van der Waals surface area contributed by atoms with Gasteiger partial charge >= 0.3 is 0 Å². The molecule has 0 spiro atoms. The van der Waals surface area contributed by atoms with Gasteiger partial charge in [0.05, 0.1) is 11.1 Å². The fourth-order valence-electron chi connectivity index (χ4n) is 2.73. The summed E-state index contributed by atoms with van der Waals surface area (Å²) in [6.07, 6.45) is 2.99. The number of amides is 1. The van der Waals surface area contributed by atoms with Crippen LogP contribution in [0.3, 0.4) is 0 Å². The molecule has 0 bridgehead atoms. The van der Waals surface area contributed by atoms with Crippen LogP contribution in [-0.2, 0) is 11.3 Å². The summed E-state index contributed by atoms with van der Waals surface area (Å²) in [5.74, 6) is 0.397. The number of aromatic nitrogens is 1. The van der Waals surface area contributed by atoms with Gasteiger partial charge in [-0.1, -0.05) is 6.92 Å². The van der Waals surface area contributed by atoms with Gasteiger partial charge < -0.3 is 10.2 Å². The number of nitro groups is 1. The number of likely N-dealkylation sites (tertiary alicyclic amines) is 1. The molecule has 1 saturated heterocycles. The Morgan fingerprint density at radius 2 is 2.04 bits per heavy atom. The number of pyridine rings is 1. The van der Waals surface area contributed by atoms with Crippen LogP contribution in [0.1, 0.15) is 19.8 Å². The summed E-state index contributed by atoms with van der Waals surface area (Å²) in [6.45, 7) is 5.14. The van der Waals surface area contributed by atoms with E-state index in [1.165, 1.54) is 0 Å². The van der Waals surface area contributed by atoms with Crippen molar-refractivity contribution < 1.29 is 9.72 Å². The lowest BCUT2D eigenvalue weighted by atomic mass is 9.97. The molecular formula is C15H23ClN4O4. The summed E-state index contributed by atoms with van der Waals surface area (Å²) in [6, 6.07) is 2.27. The van der Waals surface area contributed by atoms with Gasteiger partial charge in [0.1, 0.15) is 6.54 Å². The highest BCUT2D eigenvalue weighted by Gasteiger charge is 2.23. The van der Waals surface area contributed by atoms with Gasteiger partial charge in [-0.15, -0.1) is 12.4 Å². The first kappa shape index (κ1) is 20.1. The Balaban J connectivity index is 0.00000288. The van der Waals surface area contributed by atoms with E-state index in [1.54, 1.807) is 4.90 Å². The molecule has 8 nitrogen and oxygen atoms in total. The minimum absolute atomic E-state index is 0. The molecule has 1 aliphatic rings. The molecule has 1 N–H and O–H groups in total. The third kappa shape index (κ3) is 5.31. The molecule has 2 heterocycles. The maximum atomic E-state index is 12.3. The number of hydrogen-bond acceptors (Lipinski definition) is 5. The Morgan fingerprint density at radius 1 is 1.38 bits per heavy atom. The first-order valence-electron chi connectivity index (χ1n) is 7.84. The number of halogens is 1. The van der Waals surface area contributed by atoms with E-state index in [4.69, 9.17) is 0 Å². The van der Waals surface area contributed by atoms with Crippen LogP contribution < -0.4 is 10.9 Å². The Kier molecular flexibility index (Phi) is 7.87. The van der Waals surface area contributed by atoms with Gasteiger partial charge in [-0.05, 0) is 31.8 Å². The van der Waals surface area contributed by atoms with E-state index in [1.807, 2.05) is 0 Å². The number of carbonyl (C=O) groups excluding carboxylic acids is 1. The standard InChI is InChI=1S/C15H22N4O4.ClH/c1-2-16-9-12-5-7-17(8-6-12)15(21)11-18-10-13(19(22)23)3-4-14(18)20;/h3-4,10,12,16H,2,5-9,11H2,1H3;1H. The van der Waals surface area contributed by atoms with E-state index in [0.717, 1.165) is 48.8 Å². The van der Waals surface area contributed by atoms with Crippen molar-refractivity contribution in [1.82, 2.24) is 14.8 Å². The average Bonchev–Trinajstić information content (AvgIpc) is 2.55. The van der Waals surface area contributed by atoms with Crippen LogP contribution in [0.4, 0.5) is 5.69 Å². The summed E-state index contributed by atoms with van der Waals surface area (Å²) in [5, 5.41) is 14.1. The van der Waals surface area contributed by atoms with E-state index in [0.29, 0.717) is 19.0 Å². The molecular weight excluding hydrogens is 336 g/mol. The monoisotopic (exact) mass is 358 g/mol. The number of piperidine rings is 1. The van der Waals surface area contributed by atoms with Crippen LogP contribution in [0.2, 0.25) is 0 Å². The lowest BCUT2D eigenvalue weighted by molar-refractivity contribution is -0.385. The summed E-state index contributed by atoms with van der Waals surface area (Å²) in [7, 11) is 0. The molecule has 0 atom stereocenters. The summed E-state index contributed by atoms with van der Waals surface area (Å²) in [4.78, 5) is 36.0. The number of nitrogens with zero attached hydrogens (tertiary/aromatic N) is 3. The molecule has 0 aliphatic carbocycles. The van der Waals surface area contributed by atoms with E-state index < -0.39 is 10.5 Å². The highest BCUT2D eigenvalue weighted by Crippen LogP contribution is 2.17. The second kappa shape index (κ2) is 9.39. The fraction of sp³-hybridized carbons (Fsp3) is 0.600. The maximum absolute atomic E-state index is 12.3. The van der Waals surface area contributed by atoms with Crippen molar-refractivity contribution in [1.29, 1.82) is 0 Å². The highest BCUT2D eigenvalue weighted by atomic mass is 35.5. The van der Waals surface area contributed by atoms with E-state index in [9.17, 15) is 19.7 Å². The third-order valence-electron chi connectivity index (χ3n) is 4.13. The minimum atomic E-state index is -0.577. The Bertz CT molecular complexity index is 626. The van der Waals surface area contributed by atoms with Crippen molar-refractivity contribution in [2.45, 2.75) is 26.3 Å². The van der Waals surface area contributed by atoms with Crippen LogP contribution >= 0.6 is 12.4 Å². The number of nitrogens with one attached hydrogen (secondary N) is 1. The normalized spacial score (nSPS) is 15.0. The summed E-state index contributed by atoms with van der Waals surface area (Å²) < 4.78 is 1.10. The van der Waals surface area contributed by atoms with Crippen molar-refractivity contribution in [3.05, 3.63) is 38.8 Å². The van der Waals surface area contributed by atoms with Crippen molar-refractivity contribution in [2.75, 3.05) is 26.2 Å². The maximum Gasteiger partial charge on any atom is 0.285 e. The van der Waals surface area contributed by atoms with Gasteiger partial charge in [0.25, 0.3) is 11.2 Å². The predicted molar refractivity (Wildman–Crippen MR) is 92.5 cm³/mol. The lowest BCUT2D eigenvalue weighted by Crippen LogP contribution is -2.43. The third-order valence-corrected chi connectivity index (χ3v) is 4.13. The topological polar surface area (TPSA) is 97.5 Å². The van der Waals surface area contributed by atoms with Gasteiger partial charge in [-0.25, -0.2) is 0 Å². The van der Waals surface area contributed by atoms with E-state index in [-0.39, 0.29) is 30.5 Å². The molecule has 24 heavy (non-hydrogen) atoms. The Hall–Kier alpha value is -1.93. The molecule has 1 aliphatic heterocycles. The average molecular weight is 359 g/mol. The molecule has 1 aromatic heterocycles. The number of hydrogen-bond donors (Lipinski definition) is 1. The highest BCUT2D eigenvalue weighted by molar-refractivity contribution is 5.85. The molecule has 1 amide bonds. The second-order valence-electron chi connectivity index (χ2n) is 5.74. The molecule has 2 rings (SSSR count). The zero-order chi connectivity index (χ0) is 16.8. The molecule has 0 aromatic carbocycles. The molecule has 9 heteroatoms. The minimum Gasteiger partial charge on any atom is -0.341 e. The largest absolute Gasteiger partial charge is 0.341 e. The lowest BCUT2D eigenvalue weighted by Gasteiger charge is -2.32. The Labute approximate surface area is 146 Å². The fourth-order valence-corrected chi connectivity index (χ4v) is 2.73. The Morgan fingerprint density at radius 3 is 2.62 bits per heavy atom.